The number of carbonyl (C=O) groups is 2. The Morgan fingerprint density at radius 1 is 1.23 bits per heavy atom. The molecular weight excluding hydrogens is 296 g/mol. The van der Waals surface area contributed by atoms with Crippen LogP contribution in [0.5, 0.6) is 0 Å². The van der Waals surface area contributed by atoms with Gasteiger partial charge >= 0.3 is 0 Å². The molecule has 1 aromatic rings. The molecule has 22 heavy (non-hydrogen) atoms. The average molecular weight is 318 g/mol. The Morgan fingerprint density at radius 2 is 1.95 bits per heavy atom. The van der Waals surface area contributed by atoms with Gasteiger partial charge in [-0.05, 0) is 29.5 Å². The predicted octanol–water partition coefficient (Wildman–Crippen LogP) is 2.30. The standard InChI is InChI=1S/C17H22N2O2S/c1-2-22-14-17(21)19-11-9-18(10-12-19)16-8-4-3-6-15(16)7-5-13-20/h3-8,13H,2,9-12,14H2,1H3/b7-5+. The number of amides is 1. The van der Waals surface area contributed by atoms with Crippen LogP contribution in [0.1, 0.15) is 12.5 Å². The molecule has 1 saturated heterocycles. The molecule has 0 bridgehead atoms. The second-order valence-electron chi connectivity index (χ2n) is 5.06. The Morgan fingerprint density at radius 3 is 2.64 bits per heavy atom. The van der Waals surface area contributed by atoms with Gasteiger partial charge in [-0.1, -0.05) is 25.1 Å². The van der Waals surface area contributed by atoms with Crippen molar-refractivity contribution in [2.45, 2.75) is 6.92 Å². The van der Waals surface area contributed by atoms with Crippen molar-refractivity contribution in [3.63, 3.8) is 0 Å². The van der Waals surface area contributed by atoms with Crippen molar-refractivity contribution in [2.24, 2.45) is 0 Å². The lowest BCUT2D eigenvalue weighted by molar-refractivity contribution is -0.128. The SMILES string of the molecule is CCSCC(=O)N1CCN(c2ccccc2/C=C/C=O)CC1. The maximum absolute atomic E-state index is 12.0. The minimum atomic E-state index is 0.237. The van der Waals surface area contributed by atoms with E-state index in [4.69, 9.17) is 0 Å². The summed E-state index contributed by atoms with van der Waals surface area (Å²) in [5.41, 5.74) is 2.16. The molecule has 1 fully saturated rings. The summed E-state index contributed by atoms with van der Waals surface area (Å²) in [6.07, 6.45) is 4.14. The van der Waals surface area contributed by atoms with Crippen molar-refractivity contribution >= 4 is 35.7 Å². The smallest absolute Gasteiger partial charge is 0.232 e. The molecule has 0 aromatic heterocycles. The van der Waals surface area contributed by atoms with E-state index in [2.05, 4.69) is 17.9 Å². The molecule has 1 heterocycles. The van der Waals surface area contributed by atoms with Crippen LogP contribution >= 0.6 is 11.8 Å². The molecule has 4 nitrogen and oxygen atoms in total. The number of rotatable bonds is 6. The monoisotopic (exact) mass is 318 g/mol. The van der Waals surface area contributed by atoms with Gasteiger partial charge < -0.3 is 9.80 Å². The van der Waals surface area contributed by atoms with Gasteiger partial charge in [-0.2, -0.15) is 11.8 Å². The summed E-state index contributed by atoms with van der Waals surface area (Å²) < 4.78 is 0. The van der Waals surface area contributed by atoms with Gasteiger partial charge in [-0.3, -0.25) is 9.59 Å². The minimum Gasteiger partial charge on any atom is -0.367 e. The Labute approximate surface area is 136 Å². The molecule has 0 atom stereocenters. The van der Waals surface area contributed by atoms with Crippen LogP contribution < -0.4 is 4.90 Å². The fraction of sp³-hybridized carbons (Fsp3) is 0.412. The third kappa shape index (κ3) is 4.37. The molecule has 5 heteroatoms. The summed E-state index contributed by atoms with van der Waals surface area (Å²) >= 11 is 1.67. The molecule has 0 saturated carbocycles. The van der Waals surface area contributed by atoms with Crippen LogP contribution in [-0.2, 0) is 9.59 Å². The lowest BCUT2D eigenvalue weighted by atomic mass is 10.1. The van der Waals surface area contributed by atoms with Crippen molar-refractivity contribution in [3.05, 3.63) is 35.9 Å². The molecule has 0 aliphatic carbocycles. The Bertz CT molecular complexity index is 537. The van der Waals surface area contributed by atoms with Gasteiger partial charge in [-0.25, -0.2) is 0 Å². The van der Waals surface area contributed by atoms with Crippen LogP contribution in [0, 0.1) is 0 Å². The number of thioether (sulfide) groups is 1. The highest BCUT2D eigenvalue weighted by molar-refractivity contribution is 7.99. The highest BCUT2D eigenvalue weighted by atomic mass is 32.2. The van der Waals surface area contributed by atoms with E-state index in [1.807, 2.05) is 29.2 Å². The van der Waals surface area contributed by atoms with Crippen LogP contribution in [0.25, 0.3) is 6.08 Å². The molecule has 1 aliphatic heterocycles. The van der Waals surface area contributed by atoms with Crippen molar-refractivity contribution < 1.29 is 9.59 Å². The lowest BCUT2D eigenvalue weighted by Crippen LogP contribution is -2.49. The van der Waals surface area contributed by atoms with Crippen LogP contribution in [0.2, 0.25) is 0 Å². The summed E-state index contributed by atoms with van der Waals surface area (Å²) in [5.74, 6) is 1.79. The van der Waals surface area contributed by atoms with E-state index in [1.165, 1.54) is 6.08 Å². The first kappa shape index (κ1) is 16.6. The molecule has 1 aliphatic rings. The third-order valence-corrected chi connectivity index (χ3v) is 4.55. The second kappa shape index (κ2) is 8.63. The first-order valence-electron chi connectivity index (χ1n) is 7.57. The number of anilines is 1. The highest BCUT2D eigenvalue weighted by Crippen LogP contribution is 2.23. The van der Waals surface area contributed by atoms with Gasteiger partial charge in [0.1, 0.15) is 6.29 Å². The maximum atomic E-state index is 12.0. The quantitative estimate of drug-likeness (QED) is 0.596. The van der Waals surface area contributed by atoms with Crippen LogP contribution in [0.4, 0.5) is 5.69 Å². The van der Waals surface area contributed by atoms with E-state index < -0.39 is 0 Å². The molecule has 118 valence electrons. The number of aldehydes is 1. The number of nitrogens with zero attached hydrogens (tertiary/aromatic N) is 2. The number of para-hydroxylation sites is 1. The van der Waals surface area contributed by atoms with E-state index in [0.717, 1.165) is 49.5 Å². The fourth-order valence-electron chi connectivity index (χ4n) is 2.54. The van der Waals surface area contributed by atoms with Gasteiger partial charge in [0.2, 0.25) is 5.91 Å². The van der Waals surface area contributed by atoms with Crippen LogP contribution in [0.3, 0.4) is 0 Å². The molecule has 2 rings (SSSR count). The Hall–Kier alpha value is -1.75. The third-order valence-electron chi connectivity index (χ3n) is 3.69. The average Bonchev–Trinajstić information content (AvgIpc) is 2.58. The summed E-state index contributed by atoms with van der Waals surface area (Å²) in [6.45, 7) is 5.24. The van der Waals surface area contributed by atoms with Gasteiger partial charge in [0.25, 0.3) is 0 Å². The number of piperazine rings is 1. The zero-order valence-corrected chi connectivity index (χ0v) is 13.7. The first-order valence-corrected chi connectivity index (χ1v) is 8.73. The maximum Gasteiger partial charge on any atom is 0.232 e. The lowest BCUT2D eigenvalue weighted by Gasteiger charge is -2.36. The largest absolute Gasteiger partial charge is 0.367 e. The normalized spacial score (nSPS) is 15.3. The second-order valence-corrected chi connectivity index (χ2v) is 6.33. The molecule has 1 amide bonds. The number of hydrogen-bond donors (Lipinski definition) is 0. The fourth-order valence-corrected chi connectivity index (χ4v) is 3.10. The topological polar surface area (TPSA) is 40.6 Å². The molecule has 0 unspecified atom stereocenters. The molecule has 1 aromatic carbocycles. The van der Waals surface area contributed by atoms with Gasteiger partial charge in [0, 0.05) is 31.9 Å². The zero-order valence-electron chi connectivity index (χ0n) is 12.9. The van der Waals surface area contributed by atoms with E-state index in [1.54, 1.807) is 11.8 Å². The van der Waals surface area contributed by atoms with Crippen molar-refractivity contribution in [3.8, 4) is 0 Å². The van der Waals surface area contributed by atoms with Gasteiger partial charge in [0.05, 0.1) is 5.75 Å². The Kier molecular flexibility index (Phi) is 6.52. The minimum absolute atomic E-state index is 0.237. The number of hydrogen-bond acceptors (Lipinski definition) is 4. The van der Waals surface area contributed by atoms with Crippen molar-refractivity contribution in [1.29, 1.82) is 0 Å². The number of carbonyl (C=O) groups excluding carboxylic acids is 2. The van der Waals surface area contributed by atoms with Gasteiger partial charge in [-0.15, -0.1) is 0 Å². The van der Waals surface area contributed by atoms with E-state index in [0.29, 0.717) is 5.75 Å². The molecule has 0 radical (unpaired) electrons. The first-order chi connectivity index (χ1) is 10.8. The summed E-state index contributed by atoms with van der Waals surface area (Å²) in [5, 5.41) is 0. The number of benzene rings is 1. The van der Waals surface area contributed by atoms with Crippen molar-refractivity contribution in [2.75, 3.05) is 42.6 Å². The number of allylic oxidation sites excluding steroid dienone is 1. The summed E-state index contributed by atoms with van der Waals surface area (Å²) in [6, 6.07) is 8.04. The van der Waals surface area contributed by atoms with Crippen molar-refractivity contribution in [1.82, 2.24) is 4.90 Å². The molecule has 0 N–H and O–H groups in total. The van der Waals surface area contributed by atoms with Crippen LogP contribution in [0.15, 0.2) is 30.3 Å². The van der Waals surface area contributed by atoms with E-state index in [9.17, 15) is 9.59 Å². The van der Waals surface area contributed by atoms with E-state index >= 15 is 0 Å². The highest BCUT2D eigenvalue weighted by Gasteiger charge is 2.21. The molecular formula is C17H22N2O2S. The summed E-state index contributed by atoms with van der Waals surface area (Å²) in [7, 11) is 0. The predicted molar refractivity (Wildman–Crippen MR) is 93.3 cm³/mol. The van der Waals surface area contributed by atoms with Crippen LogP contribution in [-0.4, -0.2) is 54.8 Å². The Balaban J connectivity index is 1.98. The molecule has 0 spiro atoms. The summed E-state index contributed by atoms with van der Waals surface area (Å²) in [4.78, 5) is 26.8. The van der Waals surface area contributed by atoms with Gasteiger partial charge in [0.15, 0.2) is 0 Å². The zero-order chi connectivity index (χ0) is 15.8. The van der Waals surface area contributed by atoms with E-state index in [-0.39, 0.29) is 5.91 Å².